The monoisotopic (exact) mass is 159 g/mol. The molecular formula is C9H18FN. The lowest BCUT2D eigenvalue weighted by Crippen LogP contribution is -2.21. The van der Waals surface area contributed by atoms with Crippen LogP contribution in [0.4, 0.5) is 4.39 Å². The zero-order chi connectivity index (χ0) is 7.94. The van der Waals surface area contributed by atoms with Gasteiger partial charge in [0, 0.05) is 0 Å². The molecule has 1 N–H and O–H groups in total. The first-order valence-corrected chi connectivity index (χ1v) is 4.74. The van der Waals surface area contributed by atoms with Gasteiger partial charge in [0.1, 0.15) is 6.17 Å². The third kappa shape index (κ3) is 4.35. The van der Waals surface area contributed by atoms with Crippen LogP contribution in [0.2, 0.25) is 0 Å². The minimum atomic E-state index is -0.435. The Bertz CT molecular complexity index is 76.1. The molecule has 0 spiro atoms. The molecule has 66 valence electrons. The molecule has 2 aliphatic rings. The summed E-state index contributed by atoms with van der Waals surface area (Å²) in [6.45, 7) is 2.50. The molecule has 1 saturated heterocycles. The molecule has 1 aliphatic carbocycles. The van der Waals surface area contributed by atoms with E-state index in [0.717, 1.165) is 19.3 Å². The van der Waals surface area contributed by atoms with E-state index in [2.05, 4.69) is 5.32 Å². The molecule has 1 heterocycles. The number of alkyl halides is 1. The molecule has 1 saturated carbocycles. The number of piperidine rings is 1. The molecule has 2 heteroatoms. The van der Waals surface area contributed by atoms with Crippen LogP contribution in [0.1, 0.15) is 38.5 Å². The lowest BCUT2D eigenvalue weighted by molar-refractivity contribution is 0.211. The third-order valence-electron chi connectivity index (χ3n) is 2.24. The van der Waals surface area contributed by atoms with Crippen molar-refractivity contribution in [2.24, 2.45) is 0 Å². The van der Waals surface area contributed by atoms with Gasteiger partial charge < -0.3 is 5.32 Å². The van der Waals surface area contributed by atoms with Gasteiger partial charge in [0.2, 0.25) is 0 Å². The highest BCUT2D eigenvalue weighted by Crippen LogP contribution is 2.20. The Balaban J connectivity index is 0.000000112. The maximum atomic E-state index is 11.5. The summed E-state index contributed by atoms with van der Waals surface area (Å²) in [6, 6.07) is 0. The van der Waals surface area contributed by atoms with Gasteiger partial charge in [-0.25, -0.2) is 4.39 Å². The number of halogens is 1. The van der Waals surface area contributed by atoms with Gasteiger partial charge >= 0.3 is 0 Å². The second kappa shape index (κ2) is 5.53. The number of rotatable bonds is 0. The van der Waals surface area contributed by atoms with Gasteiger partial charge in [0.05, 0.1) is 0 Å². The number of hydrogen-bond acceptors (Lipinski definition) is 1. The van der Waals surface area contributed by atoms with Gasteiger partial charge in [-0.3, -0.25) is 0 Å². The molecule has 0 atom stereocenters. The number of nitrogens with one attached hydrogen (secondary N) is 1. The second-order valence-electron chi connectivity index (χ2n) is 3.34. The lowest BCUT2D eigenvalue weighted by atomic mass is 9.98. The van der Waals surface area contributed by atoms with E-state index in [1.807, 2.05) is 0 Å². The van der Waals surface area contributed by atoms with Crippen LogP contribution in [0.3, 0.4) is 0 Å². The third-order valence-corrected chi connectivity index (χ3v) is 2.24. The van der Waals surface area contributed by atoms with Crippen molar-refractivity contribution in [2.45, 2.75) is 44.7 Å². The molecule has 0 unspecified atom stereocenters. The molecule has 2 rings (SSSR count). The van der Waals surface area contributed by atoms with E-state index in [4.69, 9.17) is 0 Å². The first kappa shape index (κ1) is 8.98. The molecular weight excluding hydrogens is 141 g/mol. The van der Waals surface area contributed by atoms with Crippen LogP contribution >= 0.6 is 0 Å². The summed E-state index contributed by atoms with van der Waals surface area (Å²) >= 11 is 0. The van der Waals surface area contributed by atoms with Gasteiger partial charge in [-0.15, -0.1) is 0 Å². The zero-order valence-corrected chi connectivity index (χ0v) is 7.11. The minimum Gasteiger partial charge on any atom is -0.317 e. The molecule has 0 amide bonds. The predicted octanol–water partition coefficient (Wildman–Crippen LogP) is 2.27. The van der Waals surface area contributed by atoms with Crippen molar-refractivity contribution >= 4 is 0 Å². The smallest absolute Gasteiger partial charge is 0.100 e. The lowest BCUT2D eigenvalue weighted by Gasteiger charge is -2.14. The molecule has 1 nitrogen and oxygen atoms in total. The molecule has 11 heavy (non-hydrogen) atoms. The van der Waals surface area contributed by atoms with Crippen LogP contribution in [-0.2, 0) is 0 Å². The van der Waals surface area contributed by atoms with Crippen LogP contribution in [0, 0.1) is 0 Å². The van der Waals surface area contributed by atoms with Gasteiger partial charge in [-0.2, -0.15) is 0 Å². The summed E-state index contributed by atoms with van der Waals surface area (Å²) in [6.07, 6.45) is 6.53. The van der Waals surface area contributed by atoms with Gasteiger partial charge in [0.15, 0.2) is 0 Å². The highest BCUT2D eigenvalue weighted by molar-refractivity contribution is 4.65. The van der Waals surface area contributed by atoms with Crippen molar-refractivity contribution in [3.63, 3.8) is 0 Å². The zero-order valence-electron chi connectivity index (χ0n) is 7.11. The quantitative estimate of drug-likeness (QED) is 0.571. The second-order valence-corrected chi connectivity index (χ2v) is 3.34. The van der Waals surface area contributed by atoms with Crippen LogP contribution in [0.5, 0.6) is 0 Å². The average Bonchev–Trinajstić information content (AvgIpc) is 2.05. The summed E-state index contributed by atoms with van der Waals surface area (Å²) in [7, 11) is 0. The van der Waals surface area contributed by atoms with Crippen molar-refractivity contribution in [1.29, 1.82) is 0 Å². The SMILES string of the molecule is C1CCNCC1.FC1CCC1. The van der Waals surface area contributed by atoms with E-state index in [0.29, 0.717) is 0 Å². The first-order valence-electron chi connectivity index (χ1n) is 4.74. The summed E-state index contributed by atoms with van der Waals surface area (Å²) in [5.74, 6) is 0. The van der Waals surface area contributed by atoms with Crippen LogP contribution in [0.15, 0.2) is 0 Å². The highest BCUT2D eigenvalue weighted by atomic mass is 19.1. The topological polar surface area (TPSA) is 12.0 Å². The molecule has 0 aromatic carbocycles. The van der Waals surface area contributed by atoms with E-state index < -0.39 is 6.17 Å². The Labute approximate surface area is 68.4 Å². The van der Waals surface area contributed by atoms with Crippen LogP contribution < -0.4 is 5.32 Å². The van der Waals surface area contributed by atoms with E-state index in [1.165, 1.54) is 32.4 Å². The fourth-order valence-electron chi connectivity index (χ4n) is 1.16. The summed E-state index contributed by atoms with van der Waals surface area (Å²) in [5.41, 5.74) is 0. The average molecular weight is 159 g/mol. The van der Waals surface area contributed by atoms with Crippen LogP contribution in [0.25, 0.3) is 0 Å². The van der Waals surface area contributed by atoms with E-state index in [1.54, 1.807) is 0 Å². The van der Waals surface area contributed by atoms with E-state index in [-0.39, 0.29) is 0 Å². The fourth-order valence-corrected chi connectivity index (χ4v) is 1.16. The Morgan fingerprint density at radius 1 is 0.909 bits per heavy atom. The first-order chi connectivity index (χ1) is 5.39. The van der Waals surface area contributed by atoms with E-state index in [9.17, 15) is 4.39 Å². The predicted molar refractivity (Wildman–Crippen MR) is 45.5 cm³/mol. The van der Waals surface area contributed by atoms with Crippen LogP contribution in [-0.4, -0.2) is 19.3 Å². The van der Waals surface area contributed by atoms with Crippen molar-refractivity contribution in [3.05, 3.63) is 0 Å². The standard InChI is InChI=1S/C5H11N.C4H7F/c1-2-4-6-5-3-1;5-4-2-1-3-4/h6H,1-5H2;4H,1-3H2. The minimum absolute atomic E-state index is 0.435. The Morgan fingerprint density at radius 2 is 1.45 bits per heavy atom. The summed E-state index contributed by atoms with van der Waals surface area (Å²) in [5, 5.41) is 3.28. The maximum absolute atomic E-state index is 11.5. The van der Waals surface area contributed by atoms with Crippen molar-refractivity contribution in [2.75, 3.05) is 13.1 Å². The Hall–Kier alpha value is -0.110. The molecule has 2 fully saturated rings. The van der Waals surface area contributed by atoms with Gasteiger partial charge in [0.25, 0.3) is 0 Å². The van der Waals surface area contributed by atoms with Crippen molar-refractivity contribution in [3.8, 4) is 0 Å². The summed E-state index contributed by atoms with van der Waals surface area (Å²) in [4.78, 5) is 0. The van der Waals surface area contributed by atoms with Crippen molar-refractivity contribution < 1.29 is 4.39 Å². The highest BCUT2D eigenvalue weighted by Gasteiger charge is 2.14. The molecule has 0 radical (unpaired) electrons. The van der Waals surface area contributed by atoms with Gasteiger partial charge in [-0.05, 0) is 45.2 Å². The Kier molecular flexibility index (Phi) is 4.51. The fraction of sp³-hybridized carbons (Fsp3) is 1.00. The summed E-state index contributed by atoms with van der Waals surface area (Å²) < 4.78 is 11.5. The molecule has 0 aromatic rings. The maximum Gasteiger partial charge on any atom is 0.100 e. The molecule has 1 aliphatic heterocycles. The van der Waals surface area contributed by atoms with E-state index >= 15 is 0 Å². The molecule has 0 bridgehead atoms. The number of hydrogen-bond donors (Lipinski definition) is 1. The normalized spacial score (nSPS) is 24.8. The van der Waals surface area contributed by atoms with Gasteiger partial charge in [-0.1, -0.05) is 6.42 Å². The Morgan fingerprint density at radius 3 is 1.55 bits per heavy atom. The van der Waals surface area contributed by atoms with Crippen molar-refractivity contribution in [1.82, 2.24) is 5.32 Å². The largest absolute Gasteiger partial charge is 0.317 e. The molecule has 0 aromatic heterocycles.